The number of sulfonamides is 1. The van der Waals surface area contributed by atoms with E-state index in [9.17, 15) is 13.2 Å². The van der Waals surface area contributed by atoms with E-state index in [1.165, 1.54) is 25.0 Å². The third-order valence-corrected chi connectivity index (χ3v) is 7.53. The summed E-state index contributed by atoms with van der Waals surface area (Å²) in [5.41, 5.74) is 1.90. The SMILES string of the molecule is O=C(c1cccc(S(=O)(=O)Nc2ccc(OCc3ccccc3)cc2)c1)N(CC1CC1)C1CC1. The van der Waals surface area contributed by atoms with E-state index in [-0.39, 0.29) is 10.8 Å². The van der Waals surface area contributed by atoms with Gasteiger partial charge in [-0.05, 0) is 79.6 Å². The molecule has 5 rings (SSSR count). The lowest BCUT2D eigenvalue weighted by Gasteiger charge is -2.22. The minimum absolute atomic E-state index is 0.0740. The van der Waals surface area contributed by atoms with Crippen LogP contribution < -0.4 is 9.46 Å². The van der Waals surface area contributed by atoms with Crippen molar-refractivity contribution in [2.24, 2.45) is 5.92 Å². The van der Waals surface area contributed by atoms with Gasteiger partial charge in [0, 0.05) is 23.8 Å². The summed E-state index contributed by atoms with van der Waals surface area (Å²) in [6.45, 7) is 1.21. The molecule has 0 aliphatic heterocycles. The van der Waals surface area contributed by atoms with Crippen LogP contribution in [0.5, 0.6) is 5.75 Å². The van der Waals surface area contributed by atoms with E-state index in [1.807, 2.05) is 35.2 Å². The van der Waals surface area contributed by atoms with Crippen LogP contribution in [0.1, 0.15) is 41.6 Å². The average molecular weight is 477 g/mol. The van der Waals surface area contributed by atoms with Gasteiger partial charge in [0.2, 0.25) is 0 Å². The minimum Gasteiger partial charge on any atom is -0.489 e. The highest BCUT2D eigenvalue weighted by atomic mass is 32.2. The monoisotopic (exact) mass is 476 g/mol. The highest BCUT2D eigenvalue weighted by Crippen LogP contribution is 2.35. The molecule has 2 saturated carbocycles. The molecule has 0 bridgehead atoms. The van der Waals surface area contributed by atoms with Gasteiger partial charge in [0.15, 0.2) is 0 Å². The van der Waals surface area contributed by atoms with E-state index in [4.69, 9.17) is 4.74 Å². The Kier molecular flexibility index (Phi) is 6.28. The molecule has 2 aliphatic carbocycles. The molecule has 34 heavy (non-hydrogen) atoms. The van der Waals surface area contributed by atoms with Gasteiger partial charge >= 0.3 is 0 Å². The Morgan fingerprint density at radius 3 is 2.32 bits per heavy atom. The van der Waals surface area contributed by atoms with Gasteiger partial charge in [-0.25, -0.2) is 8.42 Å². The molecule has 1 amide bonds. The molecule has 3 aromatic carbocycles. The maximum Gasteiger partial charge on any atom is 0.261 e. The summed E-state index contributed by atoms with van der Waals surface area (Å²) in [7, 11) is -3.84. The highest BCUT2D eigenvalue weighted by Gasteiger charge is 2.37. The van der Waals surface area contributed by atoms with Crippen LogP contribution in [0, 0.1) is 5.92 Å². The fourth-order valence-corrected chi connectivity index (χ4v) is 5.00. The Morgan fingerprint density at radius 2 is 1.65 bits per heavy atom. The van der Waals surface area contributed by atoms with Gasteiger partial charge in [-0.1, -0.05) is 36.4 Å². The molecule has 1 N–H and O–H groups in total. The molecule has 0 atom stereocenters. The van der Waals surface area contributed by atoms with Crippen molar-refractivity contribution in [1.29, 1.82) is 0 Å². The summed E-state index contributed by atoms with van der Waals surface area (Å²) in [5, 5.41) is 0. The van der Waals surface area contributed by atoms with E-state index < -0.39 is 10.0 Å². The number of amides is 1. The quantitative estimate of drug-likeness (QED) is 0.443. The van der Waals surface area contributed by atoms with Crippen molar-refractivity contribution in [3.63, 3.8) is 0 Å². The van der Waals surface area contributed by atoms with Gasteiger partial charge in [-0.2, -0.15) is 0 Å². The molecule has 176 valence electrons. The van der Waals surface area contributed by atoms with Crippen LogP contribution >= 0.6 is 0 Å². The second kappa shape index (κ2) is 9.50. The summed E-state index contributed by atoms with van der Waals surface area (Å²) in [4.78, 5) is 15.1. The second-order valence-corrected chi connectivity index (χ2v) is 10.7. The second-order valence-electron chi connectivity index (χ2n) is 9.06. The van der Waals surface area contributed by atoms with Crippen LogP contribution in [0.2, 0.25) is 0 Å². The smallest absolute Gasteiger partial charge is 0.261 e. The number of hydrogen-bond donors (Lipinski definition) is 1. The molecule has 0 unspecified atom stereocenters. The Bertz CT molecular complexity index is 1250. The Balaban J connectivity index is 1.25. The van der Waals surface area contributed by atoms with Crippen molar-refractivity contribution in [3.8, 4) is 5.75 Å². The molecule has 0 heterocycles. The maximum atomic E-state index is 13.1. The Hall–Kier alpha value is -3.32. The maximum absolute atomic E-state index is 13.1. The number of nitrogens with one attached hydrogen (secondary N) is 1. The number of hydrogen-bond acceptors (Lipinski definition) is 4. The molecule has 3 aromatic rings. The number of carbonyl (C=O) groups is 1. The van der Waals surface area contributed by atoms with E-state index in [0.717, 1.165) is 24.9 Å². The normalized spacial score (nSPS) is 15.5. The molecule has 6 nitrogen and oxygen atoms in total. The first-order valence-electron chi connectivity index (χ1n) is 11.7. The van der Waals surface area contributed by atoms with Crippen LogP contribution in [0.15, 0.2) is 83.8 Å². The molecule has 0 radical (unpaired) electrons. The predicted molar refractivity (Wildman–Crippen MR) is 131 cm³/mol. The van der Waals surface area contributed by atoms with Gasteiger partial charge in [0.05, 0.1) is 4.90 Å². The van der Waals surface area contributed by atoms with Crippen molar-refractivity contribution in [2.75, 3.05) is 11.3 Å². The number of ether oxygens (including phenoxy) is 1. The highest BCUT2D eigenvalue weighted by molar-refractivity contribution is 7.92. The van der Waals surface area contributed by atoms with E-state index in [2.05, 4.69) is 4.72 Å². The van der Waals surface area contributed by atoms with Crippen molar-refractivity contribution in [2.45, 2.75) is 43.2 Å². The molecule has 0 saturated heterocycles. The molecule has 2 aliphatic rings. The van der Waals surface area contributed by atoms with Crippen molar-refractivity contribution in [1.82, 2.24) is 4.90 Å². The molecular weight excluding hydrogens is 448 g/mol. The summed E-state index contributed by atoms with van der Waals surface area (Å²) in [6.07, 6.45) is 4.40. The minimum atomic E-state index is -3.84. The largest absolute Gasteiger partial charge is 0.489 e. The lowest BCUT2D eigenvalue weighted by Crippen LogP contribution is -2.35. The third kappa shape index (κ3) is 5.59. The summed E-state index contributed by atoms with van der Waals surface area (Å²) in [6, 6.07) is 23.2. The fraction of sp³-hybridized carbons (Fsp3) is 0.296. The molecule has 0 spiro atoms. The van der Waals surface area contributed by atoms with Gasteiger partial charge in [-0.3, -0.25) is 9.52 Å². The van der Waals surface area contributed by atoms with Crippen molar-refractivity contribution < 1.29 is 17.9 Å². The lowest BCUT2D eigenvalue weighted by atomic mass is 10.2. The van der Waals surface area contributed by atoms with E-state index >= 15 is 0 Å². The van der Waals surface area contributed by atoms with Crippen LogP contribution in [-0.2, 0) is 16.6 Å². The van der Waals surface area contributed by atoms with Gasteiger partial charge in [0.25, 0.3) is 15.9 Å². The zero-order chi connectivity index (χ0) is 23.5. The number of nitrogens with zero attached hydrogens (tertiary/aromatic N) is 1. The lowest BCUT2D eigenvalue weighted by molar-refractivity contribution is 0.0734. The van der Waals surface area contributed by atoms with Crippen molar-refractivity contribution in [3.05, 3.63) is 90.0 Å². The summed E-state index contributed by atoms with van der Waals surface area (Å²) < 4.78 is 34.4. The molecule has 7 heteroatoms. The van der Waals surface area contributed by atoms with Crippen LogP contribution in [0.4, 0.5) is 5.69 Å². The fourth-order valence-electron chi connectivity index (χ4n) is 3.90. The van der Waals surface area contributed by atoms with E-state index in [1.54, 1.807) is 36.4 Å². The number of benzene rings is 3. The van der Waals surface area contributed by atoms with Crippen LogP contribution in [0.25, 0.3) is 0 Å². The first kappa shape index (κ1) is 22.5. The summed E-state index contributed by atoms with van der Waals surface area (Å²) >= 11 is 0. The Labute approximate surface area is 200 Å². The first-order valence-corrected chi connectivity index (χ1v) is 13.2. The van der Waals surface area contributed by atoms with Crippen molar-refractivity contribution >= 4 is 21.6 Å². The first-order chi connectivity index (χ1) is 16.5. The van der Waals surface area contributed by atoms with Crippen LogP contribution in [-0.4, -0.2) is 31.8 Å². The van der Waals surface area contributed by atoms with E-state index in [0.29, 0.717) is 35.6 Å². The number of rotatable bonds is 10. The van der Waals surface area contributed by atoms with Crippen LogP contribution in [0.3, 0.4) is 0 Å². The average Bonchev–Trinajstić information content (AvgIpc) is 3.77. The standard InChI is InChI=1S/C27H28N2O4S/c30-27(29(24-13-14-24)18-20-9-10-20)22-7-4-8-26(17-22)34(31,32)28-23-11-15-25(16-12-23)33-19-21-5-2-1-3-6-21/h1-8,11-12,15-17,20,24,28H,9-10,13-14,18-19H2. The van der Waals surface area contributed by atoms with Gasteiger partial charge < -0.3 is 9.64 Å². The Morgan fingerprint density at radius 1 is 0.912 bits per heavy atom. The molecular formula is C27H28N2O4S. The summed E-state index contributed by atoms with van der Waals surface area (Å²) in [5.74, 6) is 1.17. The molecule has 2 fully saturated rings. The molecule has 0 aromatic heterocycles. The van der Waals surface area contributed by atoms with Gasteiger partial charge in [-0.15, -0.1) is 0 Å². The number of anilines is 1. The third-order valence-electron chi connectivity index (χ3n) is 6.15. The predicted octanol–water partition coefficient (Wildman–Crippen LogP) is 5.08. The number of carbonyl (C=O) groups excluding carboxylic acids is 1. The topological polar surface area (TPSA) is 75.7 Å². The zero-order valence-corrected chi connectivity index (χ0v) is 19.7. The zero-order valence-electron chi connectivity index (χ0n) is 18.9. The van der Waals surface area contributed by atoms with Gasteiger partial charge in [0.1, 0.15) is 12.4 Å².